The first-order valence-corrected chi connectivity index (χ1v) is 9.77. The van der Waals surface area contributed by atoms with Gasteiger partial charge in [-0.15, -0.1) is 0 Å². The van der Waals surface area contributed by atoms with Gasteiger partial charge in [-0.3, -0.25) is 0 Å². The predicted molar refractivity (Wildman–Crippen MR) is 121 cm³/mol. The molecule has 0 unspecified atom stereocenters. The van der Waals surface area contributed by atoms with Crippen LogP contribution < -0.4 is 5.32 Å². The van der Waals surface area contributed by atoms with E-state index in [1.54, 1.807) is 12.2 Å². The average Bonchev–Trinajstić information content (AvgIpc) is 2.68. The van der Waals surface area contributed by atoms with E-state index >= 15 is 0 Å². The Kier molecular flexibility index (Phi) is 7.98. The standard InChI is InChI=1S/C25H29NO4/c1-18-15-20(11-14-24(28)30-25(2,3)4)9-12-21(18)17-26-22-8-6-7-19(16-22)10-13-23(27)29-5/h6-16,26H,17H2,1-5H3/b13-10+,14-11+. The van der Waals surface area contributed by atoms with Crippen LogP contribution in [0, 0.1) is 6.92 Å². The first-order valence-electron chi connectivity index (χ1n) is 9.77. The molecule has 0 aliphatic rings. The highest BCUT2D eigenvalue weighted by Crippen LogP contribution is 2.17. The van der Waals surface area contributed by atoms with Crippen molar-refractivity contribution in [2.75, 3.05) is 12.4 Å². The fourth-order valence-electron chi connectivity index (χ4n) is 2.70. The van der Waals surface area contributed by atoms with Crippen LogP contribution in [0.1, 0.15) is 43.0 Å². The molecule has 158 valence electrons. The second kappa shape index (κ2) is 10.4. The van der Waals surface area contributed by atoms with Gasteiger partial charge in [0.1, 0.15) is 5.60 Å². The molecule has 0 heterocycles. The van der Waals surface area contributed by atoms with Crippen LogP contribution in [0.5, 0.6) is 0 Å². The molecule has 1 N–H and O–H groups in total. The smallest absolute Gasteiger partial charge is 0.331 e. The molecule has 0 radical (unpaired) electrons. The highest BCUT2D eigenvalue weighted by atomic mass is 16.6. The van der Waals surface area contributed by atoms with E-state index in [0.717, 1.165) is 27.9 Å². The SMILES string of the molecule is COC(=O)/C=C/c1cccc(NCc2ccc(/C=C/C(=O)OC(C)(C)C)cc2C)c1. The van der Waals surface area contributed by atoms with E-state index in [1.807, 2.05) is 70.2 Å². The topological polar surface area (TPSA) is 64.6 Å². The van der Waals surface area contributed by atoms with Crippen molar-refractivity contribution in [1.82, 2.24) is 0 Å². The lowest BCUT2D eigenvalue weighted by Gasteiger charge is -2.17. The average molecular weight is 408 g/mol. The Bertz CT molecular complexity index is 952. The van der Waals surface area contributed by atoms with Crippen LogP contribution in [-0.2, 0) is 25.6 Å². The largest absolute Gasteiger partial charge is 0.466 e. The summed E-state index contributed by atoms with van der Waals surface area (Å²) in [5.41, 5.74) is 4.58. The minimum Gasteiger partial charge on any atom is -0.466 e. The third-order valence-electron chi connectivity index (χ3n) is 4.17. The number of ether oxygens (including phenoxy) is 2. The number of anilines is 1. The van der Waals surface area contributed by atoms with Gasteiger partial charge in [0.15, 0.2) is 0 Å². The van der Waals surface area contributed by atoms with Crippen molar-refractivity contribution in [1.29, 1.82) is 0 Å². The van der Waals surface area contributed by atoms with Crippen molar-refractivity contribution >= 4 is 29.8 Å². The van der Waals surface area contributed by atoms with E-state index in [4.69, 9.17) is 4.74 Å². The molecule has 0 atom stereocenters. The number of hydrogen-bond donors (Lipinski definition) is 1. The summed E-state index contributed by atoms with van der Waals surface area (Å²) in [4.78, 5) is 23.1. The first-order chi connectivity index (χ1) is 14.2. The Labute approximate surface area is 178 Å². The van der Waals surface area contributed by atoms with Crippen LogP contribution >= 0.6 is 0 Å². The molecule has 0 saturated carbocycles. The summed E-state index contributed by atoms with van der Waals surface area (Å²) in [5.74, 6) is -0.739. The first kappa shape index (κ1) is 22.9. The van der Waals surface area contributed by atoms with Crippen molar-refractivity contribution in [2.24, 2.45) is 0 Å². The molecule has 30 heavy (non-hydrogen) atoms. The number of methoxy groups -OCH3 is 1. The number of aryl methyl sites for hydroxylation is 1. The van der Waals surface area contributed by atoms with Gasteiger partial charge >= 0.3 is 11.9 Å². The van der Waals surface area contributed by atoms with Gasteiger partial charge in [0, 0.05) is 24.4 Å². The fraction of sp³-hybridized carbons (Fsp3) is 0.280. The molecule has 0 aliphatic heterocycles. The number of esters is 2. The molecule has 0 aliphatic carbocycles. The van der Waals surface area contributed by atoms with Crippen LogP contribution in [0.15, 0.2) is 54.6 Å². The molecule has 2 aromatic carbocycles. The normalized spacial score (nSPS) is 11.6. The molecule has 5 heteroatoms. The van der Waals surface area contributed by atoms with E-state index in [-0.39, 0.29) is 11.9 Å². The van der Waals surface area contributed by atoms with Crippen molar-refractivity contribution in [2.45, 2.75) is 39.8 Å². The van der Waals surface area contributed by atoms with Gasteiger partial charge in [-0.1, -0.05) is 30.3 Å². The number of carbonyl (C=O) groups is 2. The molecule has 0 aromatic heterocycles. The monoisotopic (exact) mass is 407 g/mol. The highest BCUT2D eigenvalue weighted by molar-refractivity contribution is 5.87. The van der Waals surface area contributed by atoms with Crippen LogP contribution in [0.4, 0.5) is 5.69 Å². The molecule has 5 nitrogen and oxygen atoms in total. The summed E-state index contributed by atoms with van der Waals surface area (Å²) in [6.07, 6.45) is 6.32. The third-order valence-corrected chi connectivity index (χ3v) is 4.17. The maximum atomic E-state index is 11.8. The minimum absolute atomic E-state index is 0.355. The number of benzene rings is 2. The summed E-state index contributed by atoms with van der Waals surface area (Å²) in [6.45, 7) is 8.23. The zero-order valence-corrected chi connectivity index (χ0v) is 18.2. The summed E-state index contributed by atoms with van der Waals surface area (Å²) in [7, 11) is 1.35. The molecular weight excluding hydrogens is 378 g/mol. The fourth-order valence-corrected chi connectivity index (χ4v) is 2.70. The zero-order valence-electron chi connectivity index (χ0n) is 18.2. The maximum absolute atomic E-state index is 11.8. The van der Waals surface area contributed by atoms with E-state index in [0.29, 0.717) is 6.54 Å². The maximum Gasteiger partial charge on any atom is 0.331 e. The summed E-state index contributed by atoms with van der Waals surface area (Å²) in [5, 5.41) is 3.40. The summed E-state index contributed by atoms with van der Waals surface area (Å²) in [6, 6.07) is 13.8. The third kappa shape index (κ3) is 7.95. The zero-order chi connectivity index (χ0) is 22.1. The molecule has 2 rings (SSSR count). The molecular formula is C25H29NO4. The van der Waals surface area contributed by atoms with Crippen molar-refractivity contribution in [3.05, 3.63) is 76.9 Å². The number of hydrogen-bond acceptors (Lipinski definition) is 5. The Balaban J connectivity index is 1.99. The molecule has 0 fully saturated rings. The van der Waals surface area contributed by atoms with Gasteiger partial charge in [-0.05, 0) is 74.2 Å². The Morgan fingerprint density at radius 1 is 0.967 bits per heavy atom. The van der Waals surface area contributed by atoms with Crippen LogP contribution in [0.25, 0.3) is 12.2 Å². The van der Waals surface area contributed by atoms with Gasteiger partial charge in [-0.2, -0.15) is 0 Å². The summed E-state index contributed by atoms with van der Waals surface area (Å²) >= 11 is 0. The van der Waals surface area contributed by atoms with Crippen molar-refractivity contribution in [3.8, 4) is 0 Å². The number of carbonyl (C=O) groups excluding carboxylic acids is 2. The lowest BCUT2D eigenvalue weighted by Crippen LogP contribution is -2.22. The Hall–Kier alpha value is -3.34. The lowest BCUT2D eigenvalue weighted by molar-refractivity contribution is -0.148. The van der Waals surface area contributed by atoms with Crippen molar-refractivity contribution in [3.63, 3.8) is 0 Å². The molecule has 2 aromatic rings. The van der Waals surface area contributed by atoms with Crippen LogP contribution in [-0.4, -0.2) is 24.6 Å². The van der Waals surface area contributed by atoms with E-state index in [2.05, 4.69) is 10.1 Å². The van der Waals surface area contributed by atoms with Gasteiger partial charge in [0.2, 0.25) is 0 Å². The number of rotatable bonds is 7. The predicted octanol–water partition coefficient (Wildman–Crippen LogP) is 5.15. The van der Waals surface area contributed by atoms with Crippen molar-refractivity contribution < 1.29 is 19.1 Å². The van der Waals surface area contributed by atoms with Gasteiger partial charge in [0.25, 0.3) is 0 Å². The van der Waals surface area contributed by atoms with E-state index < -0.39 is 5.60 Å². The van der Waals surface area contributed by atoms with E-state index in [1.165, 1.54) is 19.3 Å². The lowest BCUT2D eigenvalue weighted by atomic mass is 10.0. The van der Waals surface area contributed by atoms with Crippen LogP contribution in [0.3, 0.4) is 0 Å². The number of nitrogens with one attached hydrogen (secondary N) is 1. The van der Waals surface area contributed by atoms with E-state index in [9.17, 15) is 9.59 Å². The highest BCUT2D eigenvalue weighted by Gasteiger charge is 2.13. The van der Waals surface area contributed by atoms with Gasteiger partial charge in [0.05, 0.1) is 7.11 Å². The Morgan fingerprint density at radius 2 is 1.63 bits per heavy atom. The minimum atomic E-state index is -0.501. The second-order valence-electron chi connectivity index (χ2n) is 7.89. The van der Waals surface area contributed by atoms with Gasteiger partial charge in [-0.25, -0.2) is 9.59 Å². The Morgan fingerprint density at radius 3 is 2.27 bits per heavy atom. The molecule has 0 bridgehead atoms. The van der Waals surface area contributed by atoms with Crippen LogP contribution in [0.2, 0.25) is 0 Å². The van der Waals surface area contributed by atoms with Gasteiger partial charge < -0.3 is 14.8 Å². The quantitative estimate of drug-likeness (QED) is 0.508. The molecule has 0 amide bonds. The molecule has 0 saturated heterocycles. The second-order valence-corrected chi connectivity index (χ2v) is 7.89. The molecule has 0 spiro atoms. The summed E-state index contributed by atoms with van der Waals surface area (Å²) < 4.78 is 9.89.